The van der Waals surface area contributed by atoms with E-state index in [1.54, 1.807) is 6.07 Å². The van der Waals surface area contributed by atoms with Crippen LogP contribution in [0.15, 0.2) is 54.9 Å². The molecule has 31 heavy (non-hydrogen) atoms. The minimum atomic E-state index is -2.91. The van der Waals surface area contributed by atoms with E-state index in [1.165, 1.54) is 53.5 Å². The van der Waals surface area contributed by atoms with Crippen molar-refractivity contribution in [2.24, 2.45) is 0 Å². The van der Waals surface area contributed by atoms with Crippen LogP contribution >= 0.6 is 0 Å². The molecular formula is C21H19F3N4O3. The summed E-state index contributed by atoms with van der Waals surface area (Å²) in [5.74, 6) is -1.09. The van der Waals surface area contributed by atoms with Gasteiger partial charge in [0.2, 0.25) is 0 Å². The van der Waals surface area contributed by atoms with Crippen LogP contribution in [0.4, 0.5) is 18.9 Å². The van der Waals surface area contributed by atoms with Crippen LogP contribution in [-0.2, 0) is 4.74 Å². The molecule has 4 rings (SSSR count). The molecule has 0 bridgehead atoms. The van der Waals surface area contributed by atoms with E-state index in [-0.39, 0.29) is 23.1 Å². The number of carbonyl (C=O) groups excluding carboxylic acids is 1. The molecule has 2 N–H and O–H groups in total. The highest BCUT2D eigenvalue weighted by Gasteiger charge is 2.18. The predicted octanol–water partition coefficient (Wildman–Crippen LogP) is 3.53. The van der Waals surface area contributed by atoms with Crippen LogP contribution in [0.3, 0.4) is 0 Å². The Bertz CT molecular complexity index is 1050. The molecule has 1 atom stereocenters. The summed E-state index contributed by atoms with van der Waals surface area (Å²) in [6.45, 7) is -1.00. The van der Waals surface area contributed by atoms with Crippen LogP contribution in [0.2, 0.25) is 0 Å². The summed E-state index contributed by atoms with van der Waals surface area (Å²) in [4.78, 5) is 12.5. The molecule has 0 aliphatic carbocycles. The number of rotatable bonds is 6. The second kappa shape index (κ2) is 9.19. The zero-order chi connectivity index (χ0) is 21.8. The van der Waals surface area contributed by atoms with Gasteiger partial charge >= 0.3 is 6.61 Å². The van der Waals surface area contributed by atoms with Crippen molar-refractivity contribution in [3.8, 4) is 11.4 Å². The number of morpholine rings is 1. The van der Waals surface area contributed by atoms with Crippen LogP contribution in [0.1, 0.15) is 22.0 Å². The number of aromatic nitrogens is 2. The molecule has 0 radical (unpaired) electrons. The van der Waals surface area contributed by atoms with Crippen molar-refractivity contribution >= 4 is 11.6 Å². The van der Waals surface area contributed by atoms with Gasteiger partial charge in [0.1, 0.15) is 11.6 Å². The van der Waals surface area contributed by atoms with Gasteiger partial charge in [0.15, 0.2) is 0 Å². The number of hydrogen-bond acceptors (Lipinski definition) is 5. The first-order valence-corrected chi connectivity index (χ1v) is 9.52. The quantitative estimate of drug-likeness (QED) is 0.623. The molecule has 0 unspecified atom stereocenters. The zero-order valence-corrected chi connectivity index (χ0v) is 16.2. The number of alkyl halides is 2. The fraction of sp³-hybridized carbons (Fsp3) is 0.238. The Balaban J connectivity index is 1.43. The molecule has 0 spiro atoms. The van der Waals surface area contributed by atoms with E-state index in [0.29, 0.717) is 24.4 Å². The number of hydrogen-bond donors (Lipinski definition) is 2. The fourth-order valence-corrected chi connectivity index (χ4v) is 3.17. The lowest BCUT2D eigenvalue weighted by molar-refractivity contribution is -0.0498. The first kappa shape index (κ1) is 20.9. The van der Waals surface area contributed by atoms with Crippen LogP contribution in [0.25, 0.3) is 5.69 Å². The van der Waals surface area contributed by atoms with Crippen molar-refractivity contribution in [1.29, 1.82) is 0 Å². The van der Waals surface area contributed by atoms with Gasteiger partial charge < -0.3 is 20.1 Å². The second-order valence-corrected chi connectivity index (χ2v) is 6.80. The highest BCUT2D eigenvalue weighted by molar-refractivity contribution is 6.04. The molecule has 1 aromatic heterocycles. The summed E-state index contributed by atoms with van der Waals surface area (Å²) in [7, 11) is 0. The van der Waals surface area contributed by atoms with Crippen LogP contribution in [0.5, 0.6) is 5.75 Å². The van der Waals surface area contributed by atoms with Gasteiger partial charge in [0.05, 0.1) is 35.8 Å². The van der Waals surface area contributed by atoms with Gasteiger partial charge in [-0.2, -0.15) is 13.9 Å². The first-order valence-electron chi connectivity index (χ1n) is 9.52. The molecule has 1 fully saturated rings. The smallest absolute Gasteiger partial charge is 0.387 e. The average Bonchev–Trinajstić information content (AvgIpc) is 3.26. The Hall–Kier alpha value is -3.37. The number of carbonyl (C=O) groups is 1. The Morgan fingerprint density at radius 3 is 2.74 bits per heavy atom. The van der Waals surface area contributed by atoms with Crippen molar-refractivity contribution in [2.45, 2.75) is 12.7 Å². The summed E-state index contributed by atoms with van der Waals surface area (Å²) in [6.07, 6.45) is 2.54. The number of anilines is 1. The highest BCUT2D eigenvalue weighted by Crippen LogP contribution is 2.24. The molecule has 1 aliphatic heterocycles. The van der Waals surface area contributed by atoms with Crippen molar-refractivity contribution in [1.82, 2.24) is 15.1 Å². The molecule has 7 nitrogen and oxygen atoms in total. The number of nitrogens with zero attached hydrogens (tertiary/aromatic N) is 2. The van der Waals surface area contributed by atoms with Gasteiger partial charge in [-0.1, -0.05) is 6.07 Å². The Labute approximate surface area is 175 Å². The molecule has 2 heterocycles. The third kappa shape index (κ3) is 5.04. The molecule has 1 saturated heterocycles. The first-order chi connectivity index (χ1) is 15.0. The van der Waals surface area contributed by atoms with Crippen molar-refractivity contribution in [2.75, 3.05) is 25.0 Å². The molecule has 3 aromatic rings. The van der Waals surface area contributed by atoms with Gasteiger partial charge in [-0.05, 0) is 42.0 Å². The Morgan fingerprint density at radius 2 is 2.06 bits per heavy atom. The van der Waals surface area contributed by atoms with Gasteiger partial charge in [0.25, 0.3) is 5.91 Å². The van der Waals surface area contributed by atoms with Gasteiger partial charge in [-0.15, -0.1) is 0 Å². The molecule has 1 amide bonds. The minimum Gasteiger partial charge on any atom is -0.435 e. The van der Waals surface area contributed by atoms with E-state index in [0.717, 1.165) is 6.54 Å². The summed E-state index contributed by atoms with van der Waals surface area (Å²) in [5, 5.41) is 9.79. The maximum Gasteiger partial charge on any atom is 0.387 e. The standard InChI is InChI=1S/C21H19F3N4O3/c22-17-9-13(19-11-25-7-8-30-19)1-6-18(17)27-20(29)14-10-26-28(12-14)15-2-4-16(5-3-15)31-21(23)24/h1-6,9-10,12,19,21,25H,7-8,11H2,(H,27,29)/t19-/m1/s1. The number of benzene rings is 2. The summed E-state index contributed by atoms with van der Waals surface area (Å²) in [6, 6.07) is 10.3. The largest absolute Gasteiger partial charge is 0.435 e. The molecule has 1 aliphatic rings. The highest BCUT2D eigenvalue weighted by atomic mass is 19.3. The Kier molecular flexibility index (Phi) is 6.19. The van der Waals surface area contributed by atoms with Crippen LogP contribution in [0, 0.1) is 5.82 Å². The van der Waals surface area contributed by atoms with Crippen molar-refractivity contribution in [3.63, 3.8) is 0 Å². The van der Waals surface area contributed by atoms with E-state index in [2.05, 4.69) is 20.5 Å². The third-order valence-electron chi connectivity index (χ3n) is 4.71. The van der Waals surface area contributed by atoms with Gasteiger partial charge in [-0.25, -0.2) is 9.07 Å². The third-order valence-corrected chi connectivity index (χ3v) is 4.71. The summed E-state index contributed by atoms with van der Waals surface area (Å²) in [5.41, 5.74) is 1.47. The number of ether oxygens (including phenoxy) is 2. The van der Waals surface area contributed by atoms with E-state index >= 15 is 0 Å². The maximum atomic E-state index is 14.5. The SMILES string of the molecule is O=C(Nc1ccc([C@H]2CNCCO2)cc1F)c1cnn(-c2ccc(OC(F)F)cc2)c1. The van der Waals surface area contributed by atoms with Gasteiger partial charge in [-0.3, -0.25) is 4.79 Å². The molecular weight excluding hydrogens is 413 g/mol. The minimum absolute atomic E-state index is 0.0113. The average molecular weight is 432 g/mol. The van der Waals surface area contributed by atoms with Crippen molar-refractivity contribution < 1.29 is 27.4 Å². The molecule has 10 heteroatoms. The number of halogens is 3. The normalized spacial score (nSPS) is 16.3. The van der Waals surface area contributed by atoms with Crippen molar-refractivity contribution in [3.05, 3.63) is 71.8 Å². The summed E-state index contributed by atoms with van der Waals surface area (Å²) < 4.78 is 50.3. The van der Waals surface area contributed by atoms with Crippen LogP contribution < -0.4 is 15.4 Å². The Morgan fingerprint density at radius 1 is 1.26 bits per heavy atom. The second-order valence-electron chi connectivity index (χ2n) is 6.80. The number of nitrogens with one attached hydrogen (secondary N) is 2. The molecule has 2 aromatic carbocycles. The van der Waals surface area contributed by atoms with E-state index < -0.39 is 18.3 Å². The maximum absolute atomic E-state index is 14.5. The fourth-order valence-electron chi connectivity index (χ4n) is 3.17. The predicted molar refractivity (Wildman–Crippen MR) is 106 cm³/mol. The van der Waals surface area contributed by atoms with E-state index in [1.807, 2.05) is 0 Å². The zero-order valence-electron chi connectivity index (χ0n) is 16.2. The lowest BCUT2D eigenvalue weighted by atomic mass is 10.1. The van der Waals surface area contributed by atoms with Crippen LogP contribution in [-0.4, -0.2) is 42.0 Å². The topological polar surface area (TPSA) is 77.4 Å². The monoisotopic (exact) mass is 432 g/mol. The van der Waals surface area contributed by atoms with E-state index in [4.69, 9.17) is 4.74 Å². The number of amides is 1. The van der Waals surface area contributed by atoms with E-state index in [9.17, 15) is 18.0 Å². The summed E-state index contributed by atoms with van der Waals surface area (Å²) >= 11 is 0. The molecule has 0 saturated carbocycles. The van der Waals surface area contributed by atoms with Gasteiger partial charge in [0, 0.05) is 19.3 Å². The lowest BCUT2D eigenvalue weighted by Crippen LogP contribution is -2.33. The lowest BCUT2D eigenvalue weighted by Gasteiger charge is -2.24. The molecule has 162 valence electrons.